The third-order valence-corrected chi connectivity index (χ3v) is 5.55. The van der Waals surface area contributed by atoms with Crippen molar-refractivity contribution >= 4 is 0 Å². The highest BCUT2D eigenvalue weighted by atomic mass is 16.5. The van der Waals surface area contributed by atoms with Gasteiger partial charge in [-0.15, -0.1) is 0 Å². The first-order valence-corrected chi connectivity index (χ1v) is 6.02. The Kier molecular flexibility index (Phi) is 1.28. The Bertz CT molecular complexity index is 319. The molecule has 0 radical (unpaired) electrons. The summed E-state index contributed by atoms with van der Waals surface area (Å²) in [7, 11) is 1.88. The molecule has 5 atom stereocenters. The predicted octanol–water partition coefficient (Wildman–Crippen LogP) is 2.63. The fourth-order valence-corrected chi connectivity index (χ4v) is 5.01. The summed E-state index contributed by atoms with van der Waals surface area (Å²) >= 11 is 0. The Labute approximate surface area is 85.5 Å². The molecule has 3 saturated carbocycles. The van der Waals surface area contributed by atoms with Crippen LogP contribution in [0.5, 0.6) is 0 Å². The summed E-state index contributed by atoms with van der Waals surface area (Å²) in [5.74, 6) is 4.20. The van der Waals surface area contributed by atoms with Gasteiger partial charge in [-0.3, -0.25) is 0 Å². The van der Waals surface area contributed by atoms with Crippen LogP contribution in [0.4, 0.5) is 0 Å². The molecule has 0 aliphatic heterocycles. The Balaban J connectivity index is 1.80. The molecular formula is C13H18O. The number of hydrogen-bond acceptors (Lipinski definition) is 1. The minimum absolute atomic E-state index is 0.587. The van der Waals surface area contributed by atoms with Crippen LogP contribution in [0.1, 0.15) is 25.7 Å². The molecule has 0 heterocycles. The fraction of sp³-hybridized carbons (Fsp3) is 0.846. The normalized spacial score (nSPS) is 57.1. The maximum Gasteiger partial charge on any atom is 0.0527 e. The largest absolute Gasteiger partial charge is 0.384 e. The lowest BCUT2D eigenvalue weighted by Crippen LogP contribution is -2.35. The van der Waals surface area contributed by atoms with Crippen LogP contribution in [-0.2, 0) is 4.74 Å². The third kappa shape index (κ3) is 0.701. The molecule has 0 aromatic rings. The number of hydrogen-bond donors (Lipinski definition) is 0. The Morgan fingerprint density at radius 1 is 1.36 bits per heavy atom. The molecule has 4 aliphatic carbocycles. The van der Waals surface area contributed by atoms with E-state index in [1.165, 1.54) is 25.7 Å². The molecule has 0 amide bonds. The number of ether oxygens (including phenoxy) is 1. The lowest BCUT2D eigenvalue weighted by molar-refractivity contribution is 0.0235. The summed E-state index contributed by atoms with van der Waals surface area (Å²) in [6.45, 7) is 1.03. The first kappa shape index (κ1) is 7.92. The van der Waals surface area contributed by atoms with Gasteiger partial charge in [-0.05, 0) is 49.4 Å². The van der Waals surface area contributed by atoms with E-state index in [2.05, 4.69) is 6.08 Å². The molecular weight excluding hydrogens is 172 g/mol. The van der Waals surface area contributed by atoms with Crippen LogP contribution in [0, 0.1) is 29.1 Å². The van der Waals surface area contributed by atoms with Gasteiger partial charge in [0.05, 0.1) is 6.61 Å². The molecule has 0 aromatic carbocycles. The molecule has 1 nitrogen and oxygen atoms in total. The van der Waals surface area contributed by atoms with Gasteiger partial charge in [0.25, 0.3) is 0 Å². The summed E-state index contributed by atoms with van der Waals surface area (Å²) in [5, 5.41) is 0. The molecule has 4 aliphatic rings. The lowest BCUT2D eigenvalue weighted by atomic mass is 9.68. The zero-order valence-electron chi connectivity index (χ0n) is 8.83. The average Bonchev–Trinajstić information content (AvgIpc) is 2.81. The van der Waals surface area contributed by atoms with Gasteiger partial charge in [-0.25, -0.2) is 0 Å². The van der Waals surface area contributed by atoms with E-state index in [1.807, 2.05) is 7.11 Å². The van der Waals surface area contributed by atoms with E-state index in [9.17, 15) is 0 Å². The molecule has 2 bridgehead atoms. The number of methoxy groups -OCH3 is 1. The molecule has 0 N–H and O–H groups in total. The highest BCUT2D eigenvalue weighted by Gasteiger charge is 2.69. The van der Waals surface area contributed by atoms with Crippen molar-refractivity contribution in [3.63, 3.8) is 0 Å². The lowest BCUT2D eigenvalue weighted by Gasteiger charge is -2.38. The maximum atomic E-state index is 5.52. The standard InChI is InChI=1S/C13H18O/c1-14-7-13-3-2-8-4-9(11(13)5-8)10-6-12(10)13/h2,9-12H,3-7H2,1H3. The van der Waals surface area contributed by atoms with Crippen LogP contribution in [-0.4, -0.2) is 13.7 Å². The topological polar surface area (TPSA) is 9.23 Å². The fourth-order valence-electron chi connectivity index (χ4n) is 5.01. The summed E-state index contributed by atoms with van der Waals surface area (Å²) in [4.78, 5) is 0. The first-order chi connectivity index (χ1) is 6.85. The van der Waals surface area contributed by atoms with Crippen molar-refractivity contribution in [1.82, 2.24) is 0 Å². The molecule has 0 spiro atoms. The molecule has 14 heavy (non-hydrogen) atoms. The van der Waals surface area contributed by atoms with Gasteiger partial charge < -0.3 is 4.74 Å². The van der Waals surface area contributed by atoms with E-state index in [-0.39, 0.29) is 0 Å². The van der Waals surface area contributed by atoms with Crippen molar-refractivity contribution in [2.45, 2.75) is 25.7 Å². The number of rotatable bonds is 2. The molecule has 5 unspecified atom stereocenters. The molecule has 76 valence electrons. The monoisotopic (exact) mass is 190 g/mol. The predicted molar refractivity (Wildman–Crippen MR) is 54.8 cm³/mol. The van der Waals surface area contributed by atoms with Gasteiger partial charge in [0, 0.05) is 12.5 Å². The van der Waals surface area contributed by atoms with Gasteiger partial charge in [-0.1, -0.05) is 11.6 Å². The van der Waals surface area contributed by atoms with Gasteiger partial charge in [-0.2, -0.15) is 0 Å². The Morgan fingerprint density at radius 3 is 3.14 bits per heavy atom. The maximum absolute atomic E-state index is 5.52. The second-order valence-corrected chi connectivity index (χ2v) is 5.92. The van der Waals surface area contributed by atoms with E-state index in [4.69, 9.17) is 4.74 Å². The highest BCUT2D eigenvalue weighted by molar-refractivity contribution is 5.29. The minimum Gasteiger partial charge on any atom is -0.384 e. The number of allylic oxidation sites excluding steroid dienone is 2. The van der Waals surface area contributed by atoms with Crippen molar-refractivity contribution in [2.24, 2.45) is 29.1 Å². The van der Waals surface area contributed by atoms with Crippen molar-refractivity contribution in [2.75, 3.05) is 13.7 Å². The Hall–Kier alpha value is -0.300. The zero-order valence-corrected chi connectivity index (χ0v) is 8.83. The average molecular weight is 190 g/mol. The van der Waals surface area contributed by atoms with E-state index < -0.39 is 0 Å². The van der Waals surface area contributed by atoms with Crippen LogP contribution in [0.2, 0.25) is 0 Å². The summed E-state index contributed by atoms with van der Waals surface area (Å²) in [5.41, 5.74) is 2.36. The van der Waals surface area contributed by atoms with Crippen molar-refractivity contribution in [1.29, 1.82) is 0 Å². The number of fused-ring (bicyclic) bond motifs is 4. The summed E-state index contributed by atoms with van der Waals surface area (Å²) < 4.78 is 5.52. The molecule has 0 aromatic heterocycles. The van der Waals surface area contributed by atoms with Gasteiger partial charge >= 0.3 is 0 Å². The second-order valence-electron chi connectivity index (χ2n) is 5.92. The highest BCUT2D eigenvalue weighted by Crippen LogP contribution is 2.75. The van der Waals surface area contributed by atoms with Crippen molar-refractivity contribution in [3.05, 3.63) is 11.6 Å². The van der Waals surface area contributed by atoms with Crippen LogP contribution in [0.25, 0.3) is 0 Å². The van der Waals surface area contributed by atoms with E-state index in [1.54, 1.807) is 5.57 Å². The quantitative estimate of drug-likeness (QED) is 0.608. The minimum atomic E-state index is 0.587. The second kappa shape index (κ2) is 2.27. The summed E-state index contributed by atoms with van der Waals surface area (Å²) in [6.07, 6.45) is 8.26. The molecule has 0 saturated heterocycles. The Morgan fingerprint density at radius 2 is 2.29 bits per heavy atom. The van der Waals surface area contributed by atoms with E-state index >= 15 is 0 Å². The van der Waals surface area contributed by atoms with Crippen LogP contribution < -0.4 is 0 Å². The summed E-state index contributed by atoms with van der Waals surface area (Å²) in [6, 6.07) is 0. The zero-order chi connectivity index (χ0) is 9.34. The molecule has 1 heteroatoms. The SMILES string of the molecule is COCC12CC=C3CC(C4CC41)C2C3. The van der Waals surface area contributed by atoms with Crippen LogP contribution in [0.3, 0.4) is 0 Å². The van der Waals surface area contributed by atoms with Gasteiger partial charge in [0.2, 0.25) is 0 Å². The first-order valence-electron chi connectivity index (χ1n) is 6.02. The molecule has 3 fully saturated rings. The van der Waals surface area contributed by atoms with Gasteiger partial charge in [0.1, 0.15) is 0 Å². The van der Waals surface area contributed by atoms with Crippen LogP contribution >= 0.6 is 0 Å². The van der Waals surface area contributed by atoms with E-state index in [0.29, 0.717) is 5.41 Å². The van der Waals surface area contributed by atoms with Crippen molar-refractivity contribution in [3.8, 4) is 0 Å². The third-order valence-electron chi connectivity index (χ3n) is 5.55. The van der Waals surface area contributed by atoms with E-state index in [0.717, 1.165) is 30.3 Å². The van der Waals surface area contributed by atoms with Crippen LogP contribution in [0.15, 0.2) is 11.6 Å². The van der Waals surface area contributed by atoms with Crippen molar-refractivity contribution < 1.29 is 4.74 Å². The smallest absolute Gasteiger partial charge is 0.0527 e. The van der Waals surface area contributed by atoms with Gasteiger partial charge in [0.15, 0.2) is 0 Å². The molecule has 4 rings (SSSR count).